The lowest BCUT2D eigenvalue weighted by molar-refractivity contribution is -0.858. The third kappa shape index (κ3) is 3.94. The molecule has 1 aliphatic heterocycles. The number of halogens is 1. The third-order valence-electron chi connectivity index (χ3n) is 4.73. The van der Waals surface area contributed by atoms with Gasteiger partial charge in [-0.2, -0.15) is 0 Å². The number of carbonyl (C=O) groups excluding carboxylic acids is 2. The van der Waals surface area contributed by atoms with Crippen LogP contribution >= 0.6 is 0 Å². The molecule has 1 aliphatic rings. The Morgan fingerprint density at radius 2 is 1.93 bits per heavy atom. The zero-order valence-electron chi connectivity index (χ0n) is 15.9. The van der Waals surface area contributed by atoms with Crippen LogP contribution in [0.25, 0.3) is 5.76 Å². The van der Waals surface area contributed by atoms with E-state index in [9.17, 15) is 19.1 Å². The third-order valence-corrected chi connectivity index (χ3v) is 4.73. The first-order valence-electron chi connectivity index (χ1n) is 9.13. The van der Waals surface area contributed by atoms with E-state index in [2.05, 4.69) is 4.98 Å². The molecule has 3 rings (SSSR count). The van der Waals surface area contributed by atoms with Gasteiger partial charge in [-0.25, -0.2) is 4.39 Å². The molecule has 0 spiro atoms. The molecule has 1 aromatic carbocycles. The lowest BCUT2D eigenvalue weighted by Crippen LogP contribution is -3.05. The first-order valence-corrected chi connectivity index (χ1v) is 9.13. The summed E-state index contributed by atoms with van der Waals surface area (Å²) in [6.45, 7) is 1.22. The standard InChI is InChI=1S/C21H22FN3O3/c1-24(2)11-4-12-25-18(15-5-3-10-23-13-15)17(20(27)21(25)28)19(26)14-6-8-16(22)9-7-14/h3,5-10,13,18,26H,4,11-12H2,1-2H3/p+1/t18-/m0/s1. The van der Waals surface area contributed by atoms with Gasteiger partial charge in [0.15, 0.2) is 0 Å². The SMILES string of the molecule is C[NH+](C)CCCN1C(=O)C(=O)C(=C(O)c2ccc(F)cc2)[C@@H]1c1cccnc1. The second-order valence-electron chi connectivity index (χ2n) is 7.10. The highest BCUT2D eigenvalue weighted by Gasteiger charge is 2.45. The van der Waals surface area contributed by atoms with Gasteiger partial charge in [0.25, 0.3) is 11.7 Å². The Bertz CT molecular complexity index is 895. The zero-order chi connectivity index (χ0) is 20.3. The molecule has 146 valence electrons. The molecule has 0 unspecified atom stereocenters. The van der Waals surface area contributed by atoms with Crippen molar-refractivity contribution in [3.63, 3.8) is 0 Å². The number of hydrogen-bond donors (Lipinski definition) is 2. The van der Waals surface area contributed by atoms with Gasteiger partial charge in [0.05, 0.1) is 32.3 Å². The fourth-order valence-corrected chi connectivity index (χ4v) is 3.36. The van der Waals surface area contributed by atoms with Crippen LogP contribution in [-0.2, 0) is 9.59 Å². The van der Waals surface area contributed by atoms with E-state index in [-0.39, 0.29) is 16.9 Å². The van der Waals surface area contributed by atoms with Crippen LogP contribution in [0.4, 0.5) is 4.39 Å². The Morgan fingerprint density at radius 3 is 2.54 bits per heavy atom. The Labute approximate surface area is 162 Å². The number of benzene rings is 1. The summed E-state index contributed by atoms with van der Waals surface area (Å²) in [7, 11) is 4.03. The number of nitrogens with zero attached hydrogens (tertiary/aromatic N) is 2. The topological polar surface area (TPSA) is 74.9 Å². The van der Waals surface area contributed by atoms with Crippen LogP contribution in [0.3, 0.4) is 0 Å². The van der Waals surface area contributed by atoms with E-state index in [0.717, 1.165) is 6.54 Å². The Morgan fingerprint density at radius 1 is 1.21 bits per heavy atom. The quantitative estimate of drug-likeness (QED) is 0.446. The molecule has 2 N–H and O–H groups in total. The van der Waals surface area contributed by atoms with Gasteiger partial charge in [0.1, 0.15) is 11.6 Å². The average Bonchev–Trinajstić information content (AvgIpc) is 2.93. The molecule has 2 heterocycles. The number of nitrogens with one attached hydrogen (secondary N) is 1. The molecule has 2 aromatic rings. The van der Waals surface area contributed by atoms with Crippen LogP contribution in [0.2, 0.25) is 0 Å². The minimum atomic E-state index is -0.743. The summed E-state index contributed by atoms with van der Waals surface area (Å²) >= 11 is 0. The Kier molecular flexibility index (Phi) is 5.84. The highest BCUT2D eigenvalue weighted by Crippen LogP contribution is 2.39. The molecule has 1 saturated heterocycles. The number of aliphatic hydroxyl groups excluding tert-OH is 1. The predicted octanol–water partition coefficient (Wildman–Crippen LogP) is 1.18. The summed E-state index contributed by atoms with van der Waals surface area (Å²) in [5.74, 6) is -2.15. The van der Waals surface area contributed by atoms with Gasteiger partial charge in [-0.3, -0.25) is 14.6 Å². The second-order valence-corrected chi connectivity index (χ2v) is 7.10. The first kappa shape index (κ1) is 19.7. The maximum atomic E-state index is 13.2. The molecular formula is C21H23FN3O3+. The fourth-order valence-electron chi connectivity index (χ4n) is 3.36. The lowest BCUT2D eigenvalue weighted by Gasteiger charge is -2.25. The molecule has 1 aromatic heterocycles. The summed E-state index contributed by atoms with van der Waals surface area (Å²) in [4.78, 5) is 32.3. The number of likely N-dealkylation sites (tertiary alicyclic amines) is 1. The number of amides is 1. The molecule has 6 nitrogen and oxygen atoms in total. The number of rotatable bonds is 6. The van der Waals surface area contributed by atoms with Crippen LogP contribution in [-0.4, -0.2) is 53.9 Å². The van der Waals surface area contributed by atoms with Gasteiger partial charge >= 0.3 is 0 Å². The maximum absolute atomic E-state index is 13.2. The summed E-state index contributed by atoms with van der Waals surface area (Å²) in [5, 5.41) is 10.8. The number of pyridine rings is 1. The van der Waals surface area contributed by atoms with Crippen molar-refractivity contribution in [2.45, 2.75) is 12.5 Å². The van der Waals surface area contributed by atoms with E-state index < -0.39 is 23.5 Å². The molecule has 7 heteroatoms. The van der Waals surface area contributed by atoms with Crippen molar-refractivity contribution < 1.29 is 24.0 Å². The van der Waals surface area contributed by atoms with Crippen molar-refractivity contribution in [2.75, 3.05) is 27.2 Å². The molecule has 1 atom stereocenters. The minimum absolute atomic E-state index is 0.00167. The average molecular weight is 384 g/mol. The van der Waals surface area contributed by atoms with Gasteiger partial charge in [0.2, 0.25) is 0 Å². The molecule has 0 radical (unpaired) electrons. The number of aliphatic hydroxyl groups is 1. The van der Waals surface area contributed by atoms with E-state index in [1.807, 2.05) is 14.1 Å². The number of quaternary nitrogens is 1. The monoisotopic (exact) mass is 384 g/mol. The highest BCUT2D eigenvalue weighted by molar-refractivity contribution is 6.46. The summed E-state index contributed by atoms with van der Waals surface area (Å²) in [6, 6.07) is 7.93. The number of carbonyl (C=O) groups is 2. The van der Waals surface area contributed by atoms with Crippen LogP contribution in [0, 0.1) is 5.82 Å². The second kappa shape index (κ2) is 8.31. The fraction of sp³-hybridized carbons (Fsp3) is 0.286. The van der Waals surface area contributed by atoms with Crippen molar-refractivity contribution >= 4 is 17.4 Å². The smallest absolute Gasteiger partial charge is 0.295 e. The van der Waals surface area contributed by atoms with Crippen molar-refractivity contribution in [3.05, 3.63) is 71.3 Å². The van der Waals surface area contributed by atoms with Crippen LogP contribution < -0.4 is 4.90 Å². The van der Waals surface area contributed by atoms with Crippen LogP contribution in [0.1, 0.15) is 23.6 Å². The minimum Gasteiger partial charge on any atom is -0.507 e. The first-order chi connectivity index (χ1) is 13.4. The van der Waals surface area contributed by atoms with Crippen LogP contribution in [0.15, 0.2) is 54.4 Å². The number of aromatic nitrogens is 1. The maximum Gasteiger partial charge on any atom is 0.295 e. The molecule has 0 bridgehead atoms. The van der Waals surface area contributed by atoms with Crippen molar-refractivity contribution in [3.8, 4) is 0 Å². The number of hydrogen-bond acceptors (Lipinski definition) is 4. The molecule has 28 heavy (non-hydrogen) atoms. The van der Waals surface area contributed by atoms with E-state index in [0.29, 0.717) is 18.5 Å². The molecular weight excluding hydrogens is 361 g/mol. The molecule has 0 saturated carbocycles. The highest BCUT2D eigenvalue weighted by atomic mass is 19.1. The van der Waals surface area contributed by atoms with E-state index in [4.69, 9.17) is 0 Å². The largest absolute Gasteiger partial charge is 0.507 e. The Balaban J connectivity index is 2.06. The van der Waals surface area contributed by atoms with Crippen molar-refractivity contribution in [1.29, 1.82) is 0 Å². The van der Waals surface area contributed by atoms with Gasteiger partial charge in [-0.05, 0) is 35.9 Å². The normalized spacial score (nSPS) is 18.9. The van der Waals surface area contributed by atoms with Gasteiger partial charge in [-0.15, -0.1) is 0 Å². The van der Waals surface area contributed by atoms with E-state index in [1.54, 1.807) is 24.5 Å². The van der Waals surface area contributed by atoms with Gasteiger partial charge in [0, 0.05) is 30.9 Å². The number of Topliss-reactive ketones (excluding diaryl/α,β-unsaturated/α-hetero) is 1. The predicted molar refractivity (Wildman–Crippen MR) is 102 cm³/mol. The Hall–Kier alpha value is -3.06. The van der Waals surface area contributed by atoms with Gasteiger partial charge in [-0.1, -0.05) is 6.07 Å². The van der Waals surface area contributed by atoms with E-state index in [1.165, 1.54) is 34.1 Å². The van der Waals surface area contributed by atoms with Crippen molar-refractivity contribution in [2.24, 2.45) is 0 Å². The van der Waals surface area contributed by atoms with E-state index >= 15 is 0 Å². The molecule has 1 fully saturated rings. The summed E-state index contributed by atoms with van der Waals surface area (Å²) in [5.41, 5.74) is 0.926. The summed E-state index contributed by atoms with van der Waals surface area (Å²) < 4.78 is 13.2. The molecule has 0 aliphatic carbocycles. The zero-order valence-corrected chi connectivity index (χ0v) is 15.9. The van der Waals surface area contributed by atoms with Crippen LogP contribution in [0.5, 0.6) is 0 Å². The van der Waals surface area contributed by atoms with Gasteiger partial charge < -0.3 is 14.9 Å². The molecule has 1 amide bonds. The summed E-state index contributed by atoms with van der Waals surface area (Å²) in [6.07, 6.45) is 3.90. The number of ketones is 1. The lowest BCUT2D eigenvalue weighted by atomic mass is 9.96. The van der Waals surface area contributed by atoms with Crippen molar-refractivity contribution in [1.82, 2.24) is 9.88 Å².